The van der Waals surface area contributed by atoms with E-state index in [0.717, 1.165) is 0 Å². The monoisotopic (exact) mass is 188 g/mol. The standard InChI is InChI=1S/C4H6N2O2.C3H6O2/c1-2-3(5)4(7)6-8-2;1-2-3(4)5/h5H2,1H3,(H,6,7);2H2,1H3,(H,4,5). The first kappa shape index (κ1) is 11.3. The van der Waals surface area contributed by atoms with E-state index in [1.807, 2.05) is 0 Å². The van der Waals surface area contributed by atoms with Crippen molar-refractivity contribution in [1.82, 2.24) is 5.16 Å². The summed E-state index contributed by atoms with van der Waals surface area (Å²) in [5.41, 5.74) is 4.96. The van der Waals surface area contributed by atoms with Crippen LogP contribution in [0.15, 0.2) is 9.32 Å². The smallest absolute Gasteiger partial charge is 0.303 e. The van der Waals surface area contributed by atoms with Gasteiger partial charge in [0.25, 0.3) is 0 Å². The number of aryl methyl sites for hydroxylation is 1. The van der Waals surface area contributed by atoms with Crippen molar-refractivity contribution in [2.75, 3.05) is 5.73 Å². The van der Waals surface area contributed by atoms with E-state index in [4.69, 9.17) is 10.8 Å². The first-order valence-electron chi connectivity index (χ1n) is 3.64. The average Bonchev–Trinajstić information content (AvgIpc) is 2.37. The Morgan fingerprint density at radius 3 is 2.23 bits per heavy atom. The molecular formula is C7H12N2O4. The number of carboxylic acids is 1. The Balaban J connectivity index is 0.000000252. The third kappa shape index (κ3) is 4.00. The second-order valence-electron chi connectivity index (χ2n) is 2.25. The number of nitrogens with one attached hydrogen (secondary N) is 1. The fourth-order valence-corrected chi connectivity index (χ4v) is 0.393. The topological polar surface area (TPSA) is 109 Å². The third-order valence-electron chi connectivity index (χ3n) is 1.22. The van der Waals surface area contributed by atoms with Gasteiger partial charge in [-0.3, -0.25) is 9.59 Å². The predicted octanol–water partition coefficient (Wildman–Crippen LogP) is 0.340. The van der Waals surface area contributed by atoms with Gasteiger partial charge in [0.05, 0.1) is 0 Å². The molecule has 0 saturated carbocycles. The highest BCUT2D eigenvalue weighted by molar-refractivity contribution is 5.66. The molecule has 1 aromatic heterocycles. The number of carboxylic acid groups (broad SMARTS) is 1. The lowest BCUT2D eigenvalue weighted by molar-refractivity contribution is -0.136. The number of nitrogen functional groups attached to an aromatic ring is 1. The maximum absolute atomic E-state index is 10.4. The first-order chi connectivity index (χ1) is 5.99. The molecule has 13 heavy (non-hydrogen) atoms. The fourth-order valence-electron chi connectivity index (χ4n) is 0.393. The average molecular weight is 188 g/mol. The molecule has 6 nitrogen and oxygen atoms in total. The molecule has 4 N–H and O–H groups in total. The molecule has 0 aliphatic rings. The SMILES string of the molecule is CCC(=O)O.Cc1o[nH]c(=O)c1N. The number of H-pyrrole nitrogens is 1. The van der Waals surface area contributed by atoms with Crippen LogP contribution in [0, 0.1) is 6.92 Å². The van der Waals surface area contributed by atoms with Crippen molar-refractivity contribution in [2.24, 2.45) is 0 Å². The normalized spacial score (nSPS) is 8.77. The van der Waals surface area contributed by atoms with Gasteiger partial charge in [-0.05, 0) is 6.92 Å². The van der Waals surface area contributed by atoms with Gasteiger partial charge < -0.3 is 15.4 Å². The van der Waals surface area contributed by atoms with Crippen LogP contribution in [0.3, 0.4) is 0 Å². The fraction of sp³-hybridized carbons (Fsp3) is 0.429. The van der Waals surface area contributed by atoms with E-state index in [0.29, 0.717) is 5.76 Å². The Morgan fingerprint density at radius 2 is 2.15 bits per heavy atom. The lowest BCUT2D eigenvalue weighted by atomic mass is 10.4. The highest BCUT2D eigenvalue weighted by atomic mass is 16.5. The van der Waals surface area contributed by atoms with E-state index in [-0.39, 0.29) is 17.7 Å². The number of anilines is 1. The van der Waals surface area contributed by atoms with E-state index in [2.05, 4.69) is 9.68 Å². The van der Waals surface area contributed by atoms with Crippen LogP contribution in [-0.2, 0) is 4.79 Å². The minimum Gasteiger partial charge on any atom is -0.481 e. The molecule has 0 radical (unpaired) electrons. The van der Waals surface area contributed by atoms with E-state index in [1.54, 1.807) is 13.8 Å². The molecule has 0 saturated heterocycles. The minimum absolute atomic E-state index is 0.157. The van der Waals surface area contributed by atoms with Crippen molar-refractivity contribution < 1.29 is 14.4 Å². The zero-order chi connectivity index (χ0) is 10.4. The van der Waals surface area contributed by atoms with Gasteiger partial charge in [-0.1, -0.05) is 6.92 Å². The molecule has 0 amide bonds. The molecule has 74 valence electrons. The number of nitrogens with two attached hydrogens (primary N) is 1. The van der Waals surface area contributed by atoms with Crippen molar-refractivity contribution in [2.45, 2.75) is 20.3 Å². The highest BCUT2D eigenvalue weighted by Crippen LogP contribution is 1.98. The highest BCUT2D eigenvalue weighted by Gasteiger charge is 1.99. The summed E-state index contributed by atoms with van der Waals surface area (Å²) in [6.07, 6.45) is 0.222. The second kappa shape index (κ2) is 5.02. The largest absolute Gasteiger partial charge is 0.481 e. The van der Waals surface area contributed by atoms with Gasteiger partial charge in [0.1, 0.15) is 5.69 Å². The maximum Gasteiger partial charge on any atom is 0.303 e. The summed E-state index contributed by atoms with van der Waals surface area (Å²) in [6, 6.07) is 0. The number of aromatic amines is 1. The van der Waals surface area contributed by atoms with Crippen LogP contribution in [0.2, 0.25) is 0 Å². The number of rotatable bonds is 1. The Kier molecular flexibility index (Phi) is 4.36. The summed E-state index contributed by atoms with van der Waals surface area (Å²) < 4.78 is 4.53. The molecule has 0 aliphatic carbocycles. The van der Waals surface area contributed by atoms with Gasteiger partial charge in [-0.15, -0.1) is 0 Å². The molecule has 1 rings (SSSR count). The van der Waals surface area contributed by atoms with Crippen LogP contribution < -0.4 is 11.3 Å². The van der Waals surface area contributed by atoms with Crippen molar-refractivity contribution in [3.8, 4) is 0 Å². The number of carbonyl (C=O) groups is 1. The van der Waals surface area contributed by atoms with Gasteiger partial charge in [0, 0.05) is 6.42 Å². The van der Waals surface area contributed by atoms with Crippen LogP contribution >= 0.6 is 0 Å². The van der Waals surface area contributed by atoms with Crippen LogP contribution in [0.5, 0.6) is 0 Å². The summed E-state index contributed by atoms with van der Waals surface area (Å²) in [6.45, 7) is 3.22. The lowest BCUT2D eigenvalue weighted by Gasteiger charge is -1.76. The second-order valence-corrected chi connectivity index (χ2v) is 2.25. The van der Waals surface area contributed by atoms with E-state index < -0.39 is 5.97 Å². The molecule has 0 atom stereocenters. The summed E-state index contributed by atoms with van der Waals surface area (Å²) in [5.74, 6) is -0.306. The first-order valence-corrected chi connectivity index (χ1v) is 3.64. The molecule has 0 bridgehead atoms. The molecule has 1 heterocycles. The summed E-state index contributed by atoms with van der Waals surface area (Å²) >= 11 is 0. The van der Waals surface area contributed by atoms with Crippen molar-refractivity contribution in [1.29, 1.82) is 0 Å². The molecule has 0 aliphatic heterocycles. The minimum atomic E-state index is -0.745. The predicted molar refractivity (Wildman–Crippen MR) is 46.4 cm³/mol. The van der Waals surface area contributed by atoms with E-state index >= 15 is 0 Å². The number of hydrogen-bond acceptors (Lipinski definition) is 4. The van der Waals surface area contributed by atoms with Gasteiger partial charge >= 0.3 is 11.5 Å². The van der Waals surface area contributed by atoms with Crippen molar-refractivity contribution in [3.63, 3.8) is 0 Å². The molecule has 0 fully saturated rings. The van der Waals surface area contributed by atoms with Crippen LogP contribution in [0.25, 0.3) is 0 Å². The van der Waals surface area contributed by atoms with Crippen LogP contribution in [0.1, 0.15) is 19.1 Å². The lowest BCUT2D eigenvalue weighted by Crippen LogP contribution is -2.04. The zero-order valence-corrected chi connectivity index (χ0v) is 7.46. The van der Waals surface area contributed by atoms with Crippen molar-refractivity contribution in [3.05, 3.63) is 16.1 Å². The van der Waals surface area contributed by atoms with E-state index in [9.17, 15) is 9.59 Å². The van der Waals surface area contributed by atoms with Gasteiger partial charge in [-0.25, -0.2) is 0 Å². The van der Waals surface area contributed by atoms with Gasteiger partial charge in [0.15, 0.2) is 5.76 Å². The number of hydrogen-bond donors (Lipinski definition) is 3. The van der Waals surface area contributed by atoms with Crippen molar-refractivity contribution >= 4 is 11.7 Å². The Morgan fingerprint density at radius 1 is 1.69 bits per heavy atom. The van der Waals surface area contributed by atoms with Crippen LogP contribution in [-0.4, -0.2) is 16.2 Å². The molecule has 6 heteroatoms. The molecule has 0 spiro atoms. The Hall–Kier alpha value is -1.72. The summed E-state index contributed by atoms with van der Waals surface area (Å²) in [4.78, 5) is 19.7. The molecule has 0 aromatic carbocycles. The Labute approximate surface area is 74.3 Å². The maximum atomic E-state index is 10.4. The van der Waals surface area contributed by atoms with E-state index in [1.165, 1.54) is 0 Å². The molecule has 1 aromatic rings. The molecule has 0 unspecified atom stereocenters. The van der Waals surface area contributed by atoms with Gasteiger partial charge in [0.2, 0.25) is 0 Å². The van der Waals surface area contributed by atoms with Gasteiger partial charge in [-0.2, -0.15) is 5.16 Å². The third-order valence-corrected chi connectivity index (χ3v) is 1.22. The summed E-state index contributed by atoms with van der Waals surface area (Å²) in [5, 5.41) is 9.80. The summed E-state index contributed by atoms with van der Waals surface area (Å²) in [7, 11) is 0. The Bertz CT molecular complexity index is 325. The number of aliphatic carboxylic acids is 1. The quantitative estimate of drug-likeness (QED) is 0.588. The number of aromatic nitrogens is 1. The zero-order valence-electron chi connectivity index (χ0n) is 7.46. The van der Waals surface area contributed by atoms with Crippen LogP contribution in [0.4, 0.5) is 5.69 Å². The molecular weight excluding hydrogens is 176 g/mol.